The SMILES string of the molecule is CCc1ccc(C(=O)O)cc1SNc1cc(C(F)(F)F)ccc1N1CCC(F)(F)CC1. The maximum absolute atomic E-state index is 13.5. The summed E-state index contributed by atoms with van der Waals surface area (Å²) in [6, 6.07) is 7.74. The van der Waals surface area contributed by atoms with Crippen LogP contribution < -0.4 is 9.62 Å². The van der Waals surface area contributed by atoms with E-state index in [0.717, 1.165) is 29.6 Å². The fraction of sp³-hybridized carbons (Fsp3) is 0.381. The highest BCUT2D eigenvalue weighted by Gasteiger charge is 2.36. The van der Waals surface area contributed by atoms with Gasteiger partial charge in [0, 0.05) is 30.8 Å². The molecule has 3 rings (SSSR count). The van der Waals surface area contributed by atoms with E-state index in [-0.39, 0.29) is 37.2 Å². The number of hydrogen-bond donors (Lipinski definition) is 2. The zero-order chi connectivity index (χ0) is 22.8. The lowest BCUT2D eigenvalue weighted by atomic mass is 10.0. The third-order valence-corrected chi connectivity index (χ3v) is 6.05. The van der Waals surface area contributed by atoms with Gasteiger partial charge in [-0.15, -0.1) is 0 Å². The second-order valence-electron chi connectivity index (χ2n) is 7.26. The summed E-state index contributed by atoms with van der Waals surface area (Å²) in [6.45, 7) is 1.92. The van der Waals surface area contributed by atoms with Gasteiger partial charge in [-0.25, -0.2) is 13.6 Å². The van der Waals surface area contributed by atoms with Crippen LogP contribution in [0.1, 0.15) is 41.3 Å². The van der Waals surface area contributed by atoms with Gasteiger partial charge in [-0.05, 0) is 54.3 Å². The van der Waals surface area contributed by atoms with E-state index < -0.39 is 23.6 Å². The van der Waals surface area contributed by atoms with Crippen molar-refractivity contribution in [2.75, 3.05) is 22.7 Å². The molecule has 1 fully saturated rings. The smallest absolute Gasteiger partial charge is 0.416 e. The number of rotatable bonds is 6. The van der Waals surface area contributed by atoms with Gasteiger partial charge < -0.3 is 14.7 Å². The topological polar surface area (TPSA) is 52.6 Å². The van der Waals surface area contributed by atoms with Crippen LogP contribution in [0.3, 0.4) is 0 Å². The molecule has 0 amide bonds. The van der Waals surface area contributed by atoms with Crippen LogP contribution in [0.25, 0.3) is 0 Å². The van der Waals surface area contributed by atoms with Crippen molar-refractivity contribution in [1.82, 2.24) is 0 Å². The lowest BCUT2D eigenvalue weighted by Crippen LogP contribution is -2.39. The molecule has 1 aliphatic heterocycles. The van der Waals surface area contributed by atoms with Crippen LogP contribution in [0.15, 0.2) is 41.3 Å². The summed E-state index contributed by atoms with van der Waals surface area (Å²) in [5.41, 5.74) is 0.547. The molecule has 168 valence electrons. The highest BCUT2D eigenvalue weighted by molar-refractivity contribution is 8.00. The molecule has 2 aromatic rings. The Hall–Kier alpha value is -2.49. The third-order valence-electron chi connectivity index (χ3n) is 5.13. The largest absolute Gasteiger partial charge is 0.478 e. The van der Waals surface area contributed by atoms with Gasteiger partial charge in [0.1, 0.15) is 0 Å². The highest BCUT2D eigenvalue weighted by Crippen LogP contribution is 2.40. The van der Waals surface area contributed by atoms with Gasteiger partial charge in [-0.2, -0.15) is 13.2 Å². The normalized spacial score (nSPS) is 16.3. The molecule has 2 aromatic carbocycles. The van der Waals surface area contributed by atoms with E-state index >= 15 is 0 Å². The molecule has 0 atom stereocenters. The molecule has 1 heterocycles. The second kappa shape index (κ2) is 8.94. The Labute approximate surface area is 180 Å². The summed E-state index contributed by atoms with van der Waals surface area (Å²) in [5.74, 6) is -3.89. The van der Waals surface area contributed by atoms with Crippen molar-refractivity contribution < 1.29 is 31.9 Å². The molecule has 0 saturated carbocycles. The Morgan fingerprint density at radius 2 is 1.84 bits per heavy atom. The summed E-state index contributed by atoms with van der Waals surface area (Å²) < 4.78 is 69.7. The molecule has 4 nitrogen and oxygen atoms in total. The van der Waals surface area contributed by atoms with Gasteiger partial charge in [-0.3, -0.25) is 0 Å². The van der Waals surface area contributed by atoms with Crippen LogP contribution in [0, 0.1) is 0 Å². The van der Waals surface area contributed by atoms with Crippen molar-refractivity contribution in [3.8, 4) is 0 Å². The van der Waals surface area contributed by atoms with Crippen LogP contribution in [0.5, 0.6) is 0 Å². The van der Waals surface area contributed by atoms with Gasteiger partial charge in [0.2, 0.25) is 0 Å². The molecular weight excluding hydrogens is 439 g/mol. The van der Waals surface area contributed by atoms with E-state index in [9.17, 15) is 31.9 Å². The number of aromatic carboxylic acids is 1. The summed E-state index contributed by atoms with van der Waals surface area (Å²) in [6.07, 6.45) is -4.71. The van der Waals surface area contributed by atoms with Crippen LogP contribution in [-0.2, 0) is 12.6 Å². The maximum atomic E-state index is 13.5. The molecular formula is C21H21F5N2O2S. The molecule has 31 heavy (non-hydrogen) atoms. The molecule has 0 unspecified atom stereocenters. The third kappa shape index (κ3) is 5.61. The highest BCUT2D eigenvalue weighted by atomic mass is 32.2. The summed E-state index contributed by atoms with van der Waals surface area (Å²) in [4.78, 5) is 13.5. The van der Waals surface area contributed by atoms with Crippen molar-refractivity contribution in [3.05, 3.63) is 53.1 Å². The van der Waals surface area contributed by atoms with Crippen molar-refractivity contribution in [2.24, 2.45) is 0 Å². The molecule has 1 aliphatic rings. The molecule has 0 bridgehead atoms. The quantitative estimate of drug-likeness (QED) is 0.390. The Morgan fingerprint density at radius 3 is 2.42 bits per heavy atom. The number of carbonyl (C=O) groups is 1. The van der Waals surface area contributed by atoms with E-state index in [4.69, 9.17) is 0 Å². The van der Waals surface area contributed by atoms with Crippen LogP contribution >= 0.6 is 11.9 Å². The first kappa shape index (κ1) is 23.2. The molecule has 0 radical (unpaired) electrons. The molecule has 0 aromatic heterocycles. The number of hydrogen-bond acceptors (Lipinski definition) is 4. The average molecular weight is 460 g/mol. The monoisotopic (exact) mass is 460 g/mol. The standard InChI is InChI=1S/C21H21F5N2O2S/c1-2-13-3-4-14(19(29)30)11-18(13)31-27-16-12-15(21(24,25)26)5-6-17(16)28-9-7-20(22,23)8-10-28/h3-6,11-12,27H,2,7-10H2,1H3,(H,29,30). The number of anilines is 2. The van der Waals surface area contributed by atoms with Crippen molar-refractivity contribution in [2.45, 2.75) is 43.2 Å². The Bertz CT molecular complexity index is 955. The Morgan fingerprint density at radius 1 is 1.16 bits per heavy atom. The van der Waals surface area contributed by atoms with Gasteiger partial charge in [0.15, 0.2) is 0 Å². The van der Waals surface area contributed by atoms with E-state index in [0.29, 0.717) is 17.0 Å². The van der Waals surface area contributed by atoms with Crippen LogP contribution in [0.2, 0.25) is 0 Å². The van der Waals surface area contributed by atoms with Crippen LogP contribution in [-0.4, -0.2) is 30.1 Å². The number of benzene rings is 2. The lowest BCUT2D eigenvalue weighted by Gasteiger charge is -2.34. The number of carboxylic acid groups (broad SMARTS) is 1. The summed E-state index contributed by atoms with van der Waals surface area (Å²) in [5, 5.41) is 9.22. The fourth-order valence-electron chi connectivity index (χ4n) is 3.33. The number of alkyl halides is 5. The van der Waals surface area contributed by atoms with Gasteiger partial charge in [0.25, 0.3) is 5.92 Å². The number of piperidine rings is 1. The van der Waals surface area contributed by atoms with Crippen LogP contribution in [0.4, 0.5) is 33.3 Å². The van der Waals surface area contributed by atoms with E-state index in [1.165, 1.54) is 18.2 Å². The first-order valence-corrected chi connectivity index (χ1v) is 10.4. The fourth-order valence-corrected chi connectivity index (χ4v) is 4.24. The number of nitrogens with one attached hydrogen (secondary N) is 1. The molecule has 0 aliphatic carbocycles. The van der Waals surface area contributed by atoms with Gasteiger partial charge in [-0.1, -0.05) is 13.0 Å². The van der Waals surface area contributed by atoms with Crippen molar-refractivity contribution in [3.63, 3.8) is 0 Å². The average Bonchev–Trinajstić information content (AvgIpc) is 2.71. The molecule has 0 spiro atoms. The van der Waals surface area contributed by atoms with E-state index in [1.54, 1.807) is 11.0 Å². The minimum Gasteiger partial charge on any atom is -0.478 e. The predicted molar refractivity (Wildman–Crippen MR) is 110 cm³/mol. The number of halogens is 5. The summed E-state index contributed by atoms with van der Waals surface area (Å²) in [7, 11) is 0. The molecule has 1 saturated heterocycles. The number of aryl methyl sites for hydroxylation is 1. The van der Waals surface area contributed by atoms with E-state index in [2.05, 4.69) is 4.72 Å². The molecule has 2 N–H and O–H groups in total. The molecule has 10 heteroatoms. The number of carboxylic acids is 1. The second-order valence-corrected chi connectivity index (χ2v) is 8.11. The predicted octanol–water partition coefficient (Wildman–Crippen LogP) is 6.32. The zero-order valence-corrected chi connectivity index (χ0v) is 17.4. The summed E-state index contributed by atoms with van der Waals surface area (Å²) >= 11 is 0.998. The first-order valence-electron chi connectivity index (χ1n) is 9.63. The van der Waals surface area contributed by atoms with E-state index in [1.807, 2.05) is 6.92 Å². The van der Waals surface area contributed by atoms with Crippen molar-refractivity contribution in [1.29, 1.82) is 0 Å². The van der Waals surface area contributed by atoms with Crippen molar-refractivity contribution >= 4 is 29.3 Å². The van der Waals surface area contributed by atoms with Gasteiger partial charge >= 0.3 is 12.1 Å². The first-order chi connectivity index (χ1) is 14.5. The minimum atomic E-state index is -4.56. The minimum absolute atomic E-state index is 0.0203. The zero-order valence-electron chi connectivity index (χ0n) is 16.6. The van der Waals surface area contributed by atoms with Gasteiger partial charge in [0.05, 0.1) is 22.5 Å². The Balaban J connectivity index is 1.92. The number of nitrogens with zero attached hydrogens (tertiary/aromatic N) is 1. The lowest BCUT2D eigenvalue weighted by molar-refractivity contribution is -0.137. The Kier molecular flexibility index (Phi) is 6.68. The maximum Gasteiger partial charge on any atom is 0.416 e.